The van der Waals surface area contributed by atoms with Crippen LogP contribution in [0.2, 0.25) is 0 Å². The monoisotopic (exact) mass is 247 g/mol. The summed E-state index contributed by atoms with van der Waals surface area (Å²) >= 11 is 1.68. The largest absolute Gasteiger partial charge is 0.308 e. The fourth-order valence-corrected chi connectivity index (χ4v) is 3.12. The van der Waals surface area contributed by atoms with Gasteiger partial charge in [-0.25, -0.2) is 4.98 Å². The number of nitrogens with one attached hydrogen (secondary N) is 1. The van der Waals surface area contributed by atoms with Gasteiger partial charge in [-0.05, 0) is 25.0 Å². The van der Waals surface area contributed by atoms with Crippen LogP contribution in [0.3, 0.4) is 0 Å². The summed E-state index contributed by atoms with van der Waals surface area (Å²) in [4.78, 5) is 4.35. The van der Waals surface area contributed by atoms with Crippen molar-refractivity contribution in [2.24, 2.45) is 0 Å². The normalized spacial score (nSPS) is 16.7. The molecular formula is C13H17N3S. The summed E-state index contributed by atoms with van der Waals surface area (Å²) in [6, 6.07) is 4.98. The minimum atomic E-state index is 0.717. The van der Waals surface area contributed by atoms with Gasteiger partial charge < -0.3 is 5.32 Å². The molecule has 0 unspecified atom stereocenters. The summed E-state index contributed by atoms with van der Waals surface area (Å²) in [5.41, 5.74) is 1.30. The van der Waals surface area contributed by atoms with E-state index in [1.54, 1.807) is 11.3 Å². The van der Waals surface area contributed by atoms with Gasteiger partial charge in [0.1, 0.15) is 0 Å². The van der Waals surface area contributed by atoms with Crippen LogP contribution in [0, 0.1) is 0 Å². The molecule has 0 atom stereocenters. The van der Waals surface area contributed by atoms with Crippen molar-refractivity contribution < 1.29 is 0 Å². The van der Waals surface area contributed by atoms with Gasteiger partial charge in [-0.3, -0.25) is 4.57 Å². The molecule has 0 aromatic carbocycles. The number of hydrogen-bond donors (Lipinski definition) is 1. The number of hydrogen-bond acceptors (Lipinski definition) is 3. The third kappa shape index (κ3) is 2.42. The van der Waals surface area contributed by atoms with Crippen LogP contribution in [0.5, 0.6) is 0 Å². The highest BCUT2D eigenvalue weighted by atomic mass is 32.1. The van der Waals surface area contributed by atoms with Gasteiger partial charge in [0, 0.05) is 36.1 Å². The smallest absolute Gasteiger partial charge is 0.193 e. The van der Waals surface area contributed by atoms with Gasteiger partial charge in [0.05, 0.1) is 0 Å². The van der Waals surface area contributed by atoms with Gasteiger partial charge in [0.2, 0.25) is 0 Å². The molecule has 2 aromatic heterocycles. The van der Waals surface area contributed by atoms with Crippen molar-refractivity contribution in [2.75, 3.05) is 0 Å². The van der Waals surface area contributed by atoms with E-state index in [0.717, 1.165) is 17.7 Å². The summed E-state index contributed by atoms with van der Waals surface area (Å²) in [6.45, 7) is 0.942. The molecule has 3 nitrogen and oxygen atoms in total. The molecule has 0 aliphatic heterocycles. The lowest BCUT2D eigenvalue weighted by molar-refractivity contribution is 0.516. The van der Waals surface area contributed by atoms with E-state index in [4.69, 9.17) is 0 Å². The third-order valence-corrected chi connectivity index (χ3v) is 4.16. The van der Waals surface area contributed by atoms with Crippen LogP contribution in [-0.4, -0.2) is 15.6 Å². The average molecular weight is 247 g/mol. The van der Waals surface area contributed by atoms with Crippen LogP contribution in [-0.2, 0) is 6.54 Å². The van der Waals surface area contributed by atoms with E-state index >= 15 is 0 Å². The molecule has 0 bridgehead atoms. The molecule has 3 rings (SSSR count). The molecule has 1 aliphatic carbocycles. The second kappa shape index (κ2) is 5.02. The third-order valence-electron chi connectivity index (χ3n) is 3.39. The van der Waals surface area contributed by atoms with Crippen LogP contribution in [0.4, 0.5) is 0 Å². The molecule has 2 aromatic rings. The zero-order chi connectivity index (χ0) is 11.5. The standard InChI is InChI=1S/C13H17N3S/c1-2-5-11(4-1)15-10-12-6-3-8-16(12)13-14-7-9-17-13/h3,6-9,11,15H,1-2,4-5,10H2. The summed E-state index contributed by atoms with van der Waals surface area (Å²) in [5.74, 6) is 0. The maximum atomic E-state index is 4.35. The Balaban J connectivity index is 1.69. The van der Waals surface area contributed by atoms with Crippen molar-refractivity contribution in [2.45, 2.75) is 38.3 Å². The highest BCUT2D eigenvalue weighted by Gasteiger charge is 2.14. The number of thiazole rings is 1. The Morgan fingerprint density at radius 2 is 2.29 bits per heavy atom. The highest BCUT2D eigenvalue weighted by molar-refractivity contribution is 7.12. The maximum Gasteiger partial charge on any atom is 0.193 e. The first-order valence-corrected chi connectivity index (χ1v) is 7.11. The number of aromatic nitrogens is 2. The molecule has 0 spiro atoms. The molecule has 1 saturated carbocycles. The Hall–Kier alpha value is -1.13. The van der Waals surface area contributed by atoms with Crippen LogP contribution < -0.4 is 5.32 Å². The Bertz CT molecular complexity index is 455. The van der Waals surface area contributed by atoms with Gasteiger partial charge >= 0.3 is 0 Å². The second-order valence-electron chi connectivity index (χ2n) is 4.55. The van der Waals surface area contributed by atoms with E-state index in [1.807, 2.05) is 11.6 Å². The van der Waals surface area contributed by atoms with Gasteiger partial charge in [-0.1, -0.05) is 12.8 Å². The predicted octanol–water partition coefficient (Wildman–Crippen LogP) is 2.97. The molecule has 1 fully saturated rings. The van der Waals surface area contributed by atoms with E-state index in [9.17, 15) is 0 Å². The number of nitrogens with zero attached hydrogens (tertiary/aromatic N) is 2. The first-order valence-electron chi connectivity index (χ1n) is 6.23. The summed E-state index contributed by atoms with van der Waals surface area (Å²) in [6.07, 6.45) is 9.37. The second-order valence-corrected chi connectivity index (χ2v) is 5.42. The molecule has 2 heterocycles. The SMILES string of the molecule is c1cc(CNC2CCCC2)n(-c2nccs2)c1. The van der Waals surface area contributed by atoms with E-state index in [-0.39, 0.29) is 0 Å². The van der Waals surface area contributed by atoms with Gasteiger partial charge in [0.25, 0.3) is 0 Å². The Morgan fingerprint density at radius 3 is 3.06 bits per heavy atom. The van der Waals surface area contributed by atoms with Crippen molar-refractivity contribution in [1.82, 2.24) is 14.9 Å². The molecule has 17 heavy (non-hydrogen) atoms. The molecule has 0 radical (unpaired) electrons. The molecule has 0 amide bonds. The zero-order valence-corrected chi connectivity index (χ0v) is 10.6. The van der Waals surface area contributed by atoms with E-state index in [0.29, 0.717) is 0 Å². The minimum absolute atomic E-state index is 0.717. The molecule has 4 heteroatoms. The maximum absolute atomic E-state index is 4.35. The summed E-state index contributed by atoms with van der Waals surface area (Å²) in [5, 5.41) is 6.71. The van der Waals surface area contributed by atoms with Crippen molar-refractivity contribution in [3.8, 4) is 5.13 Å². The lowest BCUT2D eigenvalue weighted by Crippen LogP contribution is -2.26. The summed E-state index contributed by atoms with van der Waals surface area (Å²) in [7, 11) is 0. The van der Waals surface area contributed by atoms with Crippen LogP contribution >= 0.6 is 11.3 Å². The lowest BCUT2D eigenvalue weighted by atomic mass is 10.2. The zero-order valence-electron chi connectivity index (χ0n) is 9.80. The van der Waals surface area contributed by atoms with E-state index < -0.39 is 0 Å². The fraction of sp³-hybridized carbons (Fsp3) is 0.462. The highest BCUT2D eigenvalue weighted by Crippen LogP contribution is 2.19. The van der Waals surface area contributed by atoms with E-state index in [2.05, 4.69) is 33.2 Å². The molecular weight excluding hydrogens is 230 g/mol. The van der Waals surface area contributed by atoms with Crippen molar-refractivity contribution >= 4 is 11.3 Å². The topological polar surface area (TPSA) is 29.9 Å². The number of rotatable bonds is 4. The average Bonchev–Trinajstić information content (AvgIpc) is 3.09. The Labute approximate surface area is 106 Å². The van der Waals surface area contributed by atoms with Crippen LogP contribution in [0.15, 0.2) is 29.9 Å². The quantitative estimate of drug-likeness (QED) is 0.900. The van der Waals surface area contributed by atoms with Crippen molar-refractivity contribution in [3.05, 3.63) is 35.6 Å². The van der Waals surface area contributed by atoms with Gasteiger partial charge in [-0.2, -0.15) is 0 Å². The molecule has 90 valence electrons. The predicted molar refractivity (Wildman–Crippen MR) is 70.5 cm³/mol. The van der Waals surface area contributed by atoms with Crippen LogP contribution in [0.25, 0.3) is 5.13 Å². The lowest BCUT2D eigenvalue weighted by Gasteiger charge is -2.12. The van der Waals surface area contributed by atoms with Gasteiger partial charge in [-0.15, -0.1) is 11.3 Å². The van der Waals surface area contributed by atoms with Crippen LogP contribution in [0.1, 0.15) is 31.4 Å². The van der Waals surface area contributed by atoms with Gasteiger partial charge in [0.15, 0.2) is 5.13 Å². The van der Waals surface area contributed by atoms with E-state index in [1.165, 1.54) is 31.4 Å². The van der Waals surface area contributed by atoms with Crippen molar-refractivity contribution in [3.63, 3.8) is 0 Å². The molecule has 0 saturated heterocycles. The molecule has 1 aliphatic rings. The summed E-state index contributed by atoms with van der Waals surface area (Å²) < 4.78 is 2.17. The Morgan fingerprint density at radius 1 is 1.41 bits per heavy atom. The molecule has 1 N–H and O–H groups in total. The van der Waals surface area contributed by atoms with Crippen molar-refractivity contribution in [1.29, 1.82) is 0 Å². The minimum Gasteiger partial charge on any atom is -0.308 e. The first-order chi connectivity index (χ1) is 8.43. The Kier molecular flexibility index (Phi) is 3.25. The fourth-order valence-electron chi connectivity index (χ4n) is 2.46. The first kappa shape index (κ1) is 11.0.